The molecule has 216 valence electrons. The van der Waals surface area contributed by atoms with Gasteiger partial charge in [0.25, 0.3) is 5.91 Å². The SMILES string of the molecule is Cn1cnnc1CC1(c2cccc(N3Cc4c(cc(CN5CC[C@@H]6OCC[C@@H]6C5)cc4C(F)(F)F)C3=O)c2)COC1. The molecular formula is C30H32F3N5O3. The molecule has 0 saturated carbocycles. The summed E-state index contributed by atoms with van der Waals surface area (Å²) in [6.07, 6.45) is -0.183. The quantitative estimate of drug-likeness (QED) is 0.447. The Morgan fingerprint density at radius 1 is 1.15 bits per heavy atom. The van der Waals surface area contributed by atoms with Gasteiger partial charge < -0.3 is 18.9 Å². The van der Waals surface area contributed by atoms with Gasteiger partial charge in [0.2, 0.25) is 0 Å². The fraction of sp³-hybridized carbons (Fsp3) is 0.500. The molecule has 3 fully saturated rings. The van der Waals surface area contributed by atoms with Crippen LogP contribution >= 0.6 is 0 Å². The van der Waals surface area contributed by atoms with E-state index in [9.17, 15) is 18.0 Å². The third-order valence-corrected chi connectivity index (χ3v) is 9.21. The average molecular weight is 568 g/mol. The smallest absolute Gasteiger partial charge is 0.379 e. The third-order valence-electron chi connectivity index (χ3n) is 9.21. The second-order valence-electron chi connectivity index (χ2n) is 11.9. The molecule has 3 aromatic rings. The number of alkyl halides is 3. The molecule has 0 spiro atoms. The number of aromatic nitrogens is 3. The van der Waals surface area contributed by atoms with Gasteiger partial charge in [-0.1, -0.05) is 12.1 Å². The molecule has 11 heteroatoms. The Kier molecular flexibility index (Phi) is 6.44. The van der Waals surface area contributed by atoms with Gasteiger partial charge in [-0.25, -0.2) is 0 Å². The fourth-order valence-corrected chi connectivity index (χ4v) is 6.87. The summed E-state index contributed by atoms with van der Waals surface area (Å²) < 4.78 is 56.2. The lowest BCUT2D eigenvalue weighted by Gasteiger charge is -2.42. The van der Waals surface area contributed by atoms with Crippen LogP contribution in [0.4, 0.5) is 18.9 Å². The topological polar surface area (TPSA) is 72.7 Å². The number of nitrogens with zero attached hydrogens (tertiary/aromatic N) is 5. The van der Waals surface area contributed by atoms with E-state index in [0.29, 0.717) is 43.3 Å². The molecule has 7 rings (SSSR count). The van der Waals surface area contributed by atoms with Crippen LogP contribution in [0.15, 0.2) is 42.7 Å². The van der Waals surface area contributed by atoms with Crippen molar-refractivity contribution >= 4 is 11.6 Å². The van der Waals surface area contributed by atoms with Gasteiger partial charge in [-0.3, -0.25) is 9.69 Å². The van der Waals surface area contributed by atoms with Crippen LogP contribution in [0.2, 0.25) is 0 Å². The first-order valence-electron chi connectivity index (χ1n) is 14.1. The molecule has 0 N–H and O–H groups in total. The predicted octanol–water partition coefficient (Wildman–Crippen LogP) is 4.12. The van der Waals surface area contributed by atoms with Crippen molar-refractivity contribution in [2.24, 2.45) is 13.0 Å². The first kappa shape index (κ1) is 26.6. The van der Waals surface area contributed by atoms with Crippen LogP contribution in [-0.4, -0.2) is 64.6 Å². The maximum atomic E-state index is 14.3. The minimum Gasteiger partial charge on any atom is -0.379 e. The van der Waals surface area contributed by atoms with Crippen LogP contribution in [0.5, 0.6) is 0 Å². The molecule has 1 aromatic heterocycles. The number of halogens is 3. The van der Waals surface area contributed by atoms with Crippen molar-refractivity contribution in [2.45, 2.75) is 50.0 Å². The number of rotatable bonds is 6. The van der Waals surface area contributed by atoms with Gasteiger partial charge in [0.1, 0.15) is 12.2 Å². The highest BCUT2D eigenvalue weighted by molar-refractivity contribution is 6.10. The normalized spacial score (nSPS) is 23.9. The number of likely N-dealkylation sites (tertiary alicyclic amines) is 1. The van der Waals surface area contributed by atoms with E-state index in [0.717, 1.165) is 43.9 Å². The highest BCUT2D eigenvalue weighted by atomic mass is 19.4. The Morgan fingerprint density at radius 3 is 2.73 bits per heavy atom. The number of hydrogen-bond donors (Lipinski definition) is 0. The van der Waals surface area contributed by atoms with Crippen molar-refractivity contribution in [3.05, 3.63) is 76.4 Å². The Morgan fingerprint density at radius 2 is 2.00 bits per heavy atom. The molecular weight excluding hydrogens is 535 g/mol. The number of carbonyl (C=O) groups excluding carboxylic acids is 1. The number of fused-ring (bicyclic) bond motifs is 2. The second-order valence-corrected chi connectivity index (χ2v) is 11.9. The lowest BCUT2D eigenvalue weighted by Crippen LogP contribution is -2.49. The molecule has 0 bridgehead atoms. The summed E-state index contributed by atoms with van der Waals surface area (Å²) in [7, 11) is 1.89. The summed E-state index contributed by atoms with van der Waals surface area (Å²) >= 11 is 0. The van der Waals surface area contributed by atoms with Gasteiger partial charge in [-0.2, -0.15) is 13.2 Å². The van der Waals surface area contributed by atoms with Crippen LogP contribution in [-0.2, 0) is 47.6 Å². The second kappa shape index (κ2) is 9.92. The molecule has 5 heterocycles. The summed E-state index contributed by atoms with van der Waals surface area (Å²) in [6.45, 7) is 3.56. The Bertz CT molecular complexity index is 1480. The minimum atomic E-state index is -4.56. The van der Waals surface area contributed by atoms with E-state index in [1.54, 1.807) is 18.5 Å². The zero-order valence-electron chi connectivity index (χ0n) is 22.9. The molecule has 4 aliphatic rings. The van der Waals surface area contributed by atoms with Crippen LogP contribution in [0.1, 0.15) is 51.3 Å². The van der Waals surface area contributed by atoms with Gasteiger partial charge in [-0.05, 0) is 53.8 Å². The predicted molar refractivity (Wildman–Crippen MR) is 143 cm³/mol. The van der Waals surface area contributed by atoms with Gasteiger partial charge >= 0.3 is 6.18 Å². The van der Waals surface area contributed by atoms with E-state index in [-0.39, 0.29) is 29.2 Å². The molecule has 2 aromatic carbocycles. The Hall–Kier alpha value is -3.28. The van der Waals surface area contributed by atoms with E-state index in [1.807, 2.05) is 29.8 Å². The lowest BCUT2D eigenvalue weighted by atomic mass is 9.75. The summed E-state index contributed by atoms with van der Waals surface area (Å²) in [5, 5.41) is 8.20. The van der Waals surface area contributed by atoms with E-state index < -0.39 is 17.6 Å². The molecule has 41 heavy (non-hydrogen) atoms. The van der Waals surface area contributed by atoms with Gasteiger partial charge in [-0.15, -0.1) is 10.2 Å². The standard InChI is InChI=1S/C30H32F3N5O3/c1-36-18-34-35-27(36)12-29(16-40-17-29)21-3-2-4-22(11-21)38-15-24-23(28(38)39)9-19(10-25(24)30(31,32)33)13-37-7-5-26-20(14-37)6-8-41-26/h2-4,9-11,18,20,26H,5-8,12-17H2,1H3/t20-,26+/m1/s1. The summed E-state index contributed by atoms with van der Waals surface area (Å²) in [5.74, 6) is 0.831. The van der Waals surface area contributed by atoms with Gasteiger partial charge in [0, 0.05) is 62.3 Å². The number of amides is 1. The number of benzene rings is 2. The highest BCUT2D eigenvalue weighted by Gasteiger charge is 2.44. The van der Waals surface area contributed by atoms with E-state index in [4.69, 9.17) is 9.47 Å². The average Bonchev–Trinajstić information content (AvgIpc) is 3.64. The van der Waals surface area contributed by atoms with Crippen LogP contribution in [0.25, 0.3) is 0 Å². The largest absolute Gasteiger partial charge is 0.416 e. The molecule has 3 saturated heterocycles. The van der Waals surface area contributed by atoms with Crippen LogP contribution in [0.3, 0.4) is 0 Å². The van der Waals surface area contributed by atoms with Crippen molar-refractivity contribution in [3.63, 3.8) is 0 Å². The lowest BCUT2D eigenvalue weighted by molar-refractivity contribution is -0.138. The zero-order chi connectivity index (χ0) is 28.4. The van der Waals surface area contributed by atoms with Crippen molar-refractivity contribution in [1.82, 2.24) is 19.7 Å². The molecule has 0 unspecified atom stereocenters. The first-order valence-corrected chi connectivity index (χ1v) is 14.1. The number of anilines is 1. The van der Waals surface area contributed by atoms with Gasteiger partial charge in [0.15, 0.2) is 0 Å². The number of aryl methyl sites for hydroxylation is 1. The monoisotopic (exact) mass is 567 g/mol. The minimum absolute atomic E-state index is 0.0420. The zero-order valence-corrected chi connectivity index (χ0v) is 22.9. The Labute approximate surface area is 236 Å². The summed E-state index contributed by atoms with van der Waals surface area (Å²) in [5.41, 5.74) is 1.18. The van der Waals surface area contributed by atoms with Gasteiger partial charge in [0.05, 0.1) is 31.4 Å². The molecule has 0 radical (unpaired) electrons. The van der Waals surface area contributed by atoms with Crippen molar-refractivity contribution < 1.29 is 27.4 Å². The van der Waals surface area contributed by atoms with Crippen LogP contribution in [0, 0.1) is 5.92 Å². The fourth-order valence-electron chi connectivity index (χ4n) is 6.87. The van der Waals surface area contributed by atoms with Crippen molar-refractivity contribution in [3.8, 4) is 0 Å². The number of ether oxygens (including phenoxy) is 2. The van der Waals surface area contributed by atoms with E-state index >= 15 is 0 Å². The first-order chi connectivity index (χ1) is 19.7. The molecule has 8 nitrogen and oxygen atoms in total. The van der Waals surface area contributed by atoms with Crippen molar-refractivity contribution in [1.29, 1.82) is 0 Å². The highest BCUT2D eigenvalue weighted by Crippen LogP contribution is 2.42. The maximum Gasteiger partial charge on any atom is 0.416 e. The molecule has 4 aliphatic heterocycles. The summed E-state index contributed by atoms with van der Waals surface area (Å²) in [6, 6.07) is 10.4. The third kappa shape index (κ3) is 4.73. The Balaban J connectivity index is 1.17. The maximum absolute atomic E-state index is 14.3. The van der Waals surface area contributed by atoms with Crippen LogP contribution < -0.4 is 4.90 Å². The molecule has 0 aliphatic carbocycles. The van der Waals surface area contributed by atoms with E-state index in [1.165, 1.54) is 11.0 Å². The molecule has 1 amide bonds. The number of hydrogen-bond acceptors (Lipinski definition) is 6. The van der Waals surface area contributed by atoms with E-state index in [2.05, 4.69) is 15.1 Å². The summed E-state index contributed by atoms with van der Waals surface area (Å²) in [4.78, 5) is 17.4. The van der Waals surface area contributed by atoms with Crippen molar-refractivity contribution in [2.75, 3.05) is 37.8 Å². The molecule has 2 atom stereocenters. The number of piperidine rings is 1. The number of carbonyl (C=O) groups is 1.